The smallest absolute Gasteiger partial charge is 0.267 e. The van der Waals surface area contributed by atoms with E-state index < -0.39 is 6.10 Å². The second-order valence-electron chi connectivity index (χ2n) is 5.31. The van der Waals surface area contributed by atoms with E-state index in [1.54, 1.807) is 11.8 Å². The molecule has 110 valence electrons. The lowest BCUT2D eigenvalue weighted by molar-refractivity contribution is -0.125. The number of benzene rings is 1. The molecule has 0 saturated carbocycles. The number of nitrogens with one attached hydrogen (secondary N) is 1. The molecule has 1 atom stereocenters. The summed E-state index contributed by atoms with van der Waals surface area (Å²) in [6.45, 7) is 6.01. The quantitative estimate of drug-likeness (QED) is 0.811. The highest BCUT2D eigenvalue weighted by Crippen LogP contribution is 2.33. The molecule has 1 aliphatic heterocycles. The van der Waals surface area contributed by atoms with E-state index in [0.29, 0.717) is 0 Å². The van der Waals surface area contributed by atoms with Crippen LogP contribution in [0.3, 0.4) is 0 Å². The van der Waals surface area contributed by atoms with Crippen molar-refractivity contribution in [1.82, 2.24) is 5.32 Å². The maximum Gasteiger partial charge on any atom is 0.267 e. The van der Waals surface area contributed by atoms with Crippen LogP contribution in [0.15, 0.2) is 18.2 Å². The van der Waals surface area contributed by atoms with Gasteiger partial charge in [-0.05, 0) is 50.6 Å². The lowest BCUT2D eigenvalue weighted by atomic mass is 10.1. The third kappa shape index (κ3) is 3.31. The molecule has 0 aliphatic carbocycles. The Morgan fingerprint density at radius 3 is 2.90 bits per heavy atom. The van der Waals surface area contributed by atoms with Gasteiger partial charge in [-0.3, -0.25) is 4.79 Å². The Bertz CT molecular complexity index is 474. The molecule has 4 heteroatoms. The first-order chi connectivity index (χ1) is 9.63. The van der Waals surface area contributed by atoms with E-state index in [4.69, 9.17) is 4.74 Å². The Kier molecular flexibility index (Phi) is 5.01. The number of hydrogen-bond acceptors (Lipinski definition) is 3. The minimum Gasteiger partial charge on any atom is -0.479 e. The van der Waals surface area contributed by atoms with Gasteiger partial charge in [0.25, 0.3) is 5.91 Å². The first-order valence-electron chi connectivity index (χ1n) is 7.41. The Morgan fingerprint density at radius 2 is 2.15 bits per heavy atom. The summed E-state index contributed by atoms with van der Waals surface area (Å²) < 4.78 is 5.62. The highest BCUT2D eigenvalue weighted by molar-refractivity contribution is 5.99. The van der Waals surface area contributed by atoms with Crippen LogP contribution in [0.4, 0.5) is 5.69 Å². The summed E-state index contributed by atoms with van der Waals surface area (Å²) >= 11 is 0. The number of rotatable bonds is 6. The van der Waals surface area contributed by atoms with E-state index in [1.165, 1.54) is 18.4 Å². The van der Waals surface area contributed by atoms with Crippen molar-refractivity contribution in [2.75, 3.05) is 25.0 Å². The number of ether oxygens (including phenoxy) is 1. The van der Waals surface area contributed by atoms with Gasteiger partial charge in [-0.2, -0.15) is 0 Å². The average Bonchev–Trinajstić information content (AvgIpc) is 2.45. The van der Waals surface area contributed by atoms with Gasteiger partial charge in [0.15, 0.2) is 6.10 Å². The lowest BCUT2D eigenvalue weighted by Gasteiger charge is -2.30. The van der Waals surface area contributed by atoms with Crippen LogP contribution in [0.1, 0.15) is 32.3 Å². The molecule has 2 rings (SSSR count). The summed E-state index contributed by atoms with van der Waals surface area (Å²) in [6.07, 6.45) is 3.00. The van der Waals surface area contributed by atoms with Crippen molar-refractivity contribution in [3.8, 4) is 5.75 Å². The van der Waals surface area contributed by atoms with Crippen molar-refractivity contribution in [1.29, 1.82) is 0 Å². The minimum atomic E-state index is -0.394. The Morgan fingerprint density at radius 1 is 1.35 bits per heavy atom. The lowest BCUT2D eigenvalue weighted by Crippen LogP contribution is -2.42. The van der Waals surface area contributed by atoms with Gasteiger partial charge in [-0.15, -0.1) is 0 Å². The van der Waals surface area contributed by atoms with Crippen LogP contribution in [-0.4, -0.2) is 32.1 Å². The second-order valence-corrected chi connectivity index (χ2v) is 5.31. The zero-order chi connectivity index (χ0) is 14.5. The highest BCUT2D eigenvalue weighted by atomic mass is 16.5. The fourth-order valence-corrected chi connectivity index (χ4v) is 2.37. The fourth-order valence-electron chi connectivity index (χ4n) is 2.37. The molecule has 0 aromatic heterocycles. The van der Waals surface area contributed by atoms with Gasteiger partial charge in [0.1, 0.15) is 5.75 Å². The van der Waals surface area contributed by atoms with Gasteiger partial charge in [0.05, 0.1) is 5.69 Å². The Labute approximate surface area is 121 Å². The molecule has 0 saturated heterocycles. The van der Waals surface area contributed by atoms with E-state index in [0.717, 1.165) is 30.9 Å². The molecular weight excluding hydrogens is 252 g/mol. The third-order valence-corrected chi connectivity index (χ3v) is 3.66. The Hall–Kier alpha value is -1.55. The van der Waals surface area contributed by atoms with Gasteiger partial charge in [0, 0.05) is 7.05 Å². The molecule has 0 spiro atoms. The van der Waals surface area contributed by atoms with Crippen LogP contribution < -0.4 is 15.0 Å². The molecule has 1 N–H and O–H groups in total. The minimum absolute atomic E-state index is 0.00993. The van der Waals surface area contributed by atoms with E-state index in [1.807, 2.05) is 13.1 Å². The molecule has 20 heavy (non-hydrogen) atoms. The van der Waals surface area contributed by atoms with Gasteiger partial charge in [0.2, 0.25) is 0 Å². The molecule has 1 aliphatic rings. The fraction of sp³-hybridized carbons (Fsp3) is 0.562. The molecule has 1 unspecified atom stereocenters. The van der Waals surface area contributed by atoms with Crippen molar-refractivity contribution >= 4 is 11.6 Å². The monoisotopic (exact) mass is 276 g/mol. The van der Waals surface area contributed by atoms with Gasteiger partial charge in [-0.1, -0.05) is 19.4 Å². The number of unbranched alkanes of at least 4 members (excludes halogenated alkanes) is 1. The van der Waals surface area contributed by atoms with E-state index >= 15 is 0 Å². The number of amides is 1. The maximum atomic E-state index is 11.9. The first-order valence-corrected chi connectivity index (χ1v) is 7.41. The second kappa shape index (κ2) is 6.75. The van der Waals surface area contributed by atoms with Crippen LogP contribution in [0.5, 0.6) is 5.75 Å². The number of hydrogen-bond donors (Lipinski definition) is 1. The van der Waals surface area contributed by atoms with Crippen molar-refractivity contribution in [2.45, 2.75) is 39.2 Å². The van der Waals surface area contributed by atoms with Crippen LogP contribution in [-0.2, 0) is 11.2 Å². The normalized spacial score (nSPS) is 17.9. The first kappa shape index (κ1) is 14.9. The molecular formula is C16H24N2O2. The summed E-state index contributed by atoms with van der Waals surface area (Å²) in [5.74, 6) is 0.804. The van der Waals surface area contributed by atoms with Crippen molar-refractivity contribution < 1.29 is 9.53 Å². The number of carbonyl (C=O) groups is 1. The highest BCUT2D eigenvalue weighted by Gasteiger charge is 2.28. The van der Waals surface area contributed by atoms with E-state index in [9.17, 15) is 4.79 Å². The molecule has 0 radical (unpaired) electrons. The molecule has 1 aromatic carbocycles. The van der Waals surface area contributed by atoms with Crippen molar-refractivity contribution in [2.24, 2.45) is 0 Å². The third-order valence-electron chi connectivity index (χ3n) is 3.66. The van der Waals surface area contributed by atoms with Crippen molar-refractivity contribution in [3.05, 3.63) is 23.8 Å². The van der Waals surface area contributed by atoms with Crippen molar-refractivity contribution in [3.63, 3.8) is 0 Å². The summed E-state index contributed by atoms with van der Waals surface area (Å²) in [7, 11) is 1.81. The average molecular weight is 276 g/mol. The van der Waals surface area contributed by atoms with E-state index in [2.05, 4.69) is 24.4 Å². The number of nitrogens with zero attached hydrogens (tertiary/aromatic N) is 1. The number of fused-ring (bicyclic) bond motifs is 1. The van der Waals surface area contributed by atoms with Crippen LogP contribution in [0, 0.1) is 0 Å². The van der Waals surface area contributed by atoms with E-state index in [-0.39, 0.29) is 5.91 Å². The zero-order valence-corrected chi connectivity index (χ0v) is 12.6. The molecule has 0 bridgehead atoms. The standard InChI is InChI=1S/C16H24N2O2/c1-4-5-9-17-10-8-13-6-7-15-14(11-13)18(3)16(19)12(2)20-15/h6-7,11-12,17H,4-5,8-10H2,1-3H3. The Balaban J connectivity index is 1.99. The predicted octanol–water partition coefficient (Wildman–Crippen LogP) is 2.36. The topological polar surface area (TPSA) is 41.6 Å². The number of likely N-dealkylation sites (N-methyl/N-ethyl adjacent to an activating group) is 1. The zero-order valence-electron chi connectivity index (χ0n) is 12.6. The molecule has 0 fully saturated rings. The van der Waals surface area contributed by atoms with Gasteiger partial charge < -0.3 is 15.0 Å². The van der Waals surface area contributed by atoms with Crippen LogP contribution >= 0.6 is 0 Å². The summed E-state index contributed by atoms with van der Waals surface area (Å²) in [6, 6.07) is 6.10. The maximum absolute atomic E-state index is 11.9. The van der Waals surface area contributed by atoms with Crippen LogP contribution in [0.25, 0.3) is 0 Å². The molecule has 1 amide bonds. The largest absolute Gasteiger partial charge is 0.479 e. The number of anilines is 1. The number of carbonyl (C=O) groups excluding carboxylic acids is 1. The summed E-state index contributed by atoms with van der Waals surface area (Å²) in [5, 5.41) is 3.43. The predicted molar refractivity (Wildman–Crippen MR) is 81.4 cm³/mol. The van der Waals surface area contributed by atoms with Crippen LogP contribution in [0.2, 0.25) is 0 Å². The van der Waals surface area contributed by atoms with Gasteiger partial charge in [-0.25, -0.2) is 0 Å². The molecule has 1 aromatic rings. The summed E-state index contributed by atoms with van der Waals surface area (Å²) in [5.41, 5.74) is 2.10. The van der Waals surface area contributed by atoms with Gasteiger partial charge >= 0.3 is 0 Å². The molecule has 1 heterocycles. The SMILES string of the molecule is CCCCNCCc1ccc2c(c1)N(C)C(=O)C(C)O2. The molecule has 4 nitrogen and oxygen atoms in total. The summed E-state index contributed by atoms with van der Waals surface area (Å²) in [4.78, 5) is 13.6.